The Morgan fingerprint density at radius 3 is 2.60 bits per heavy atom. The third-order valence-corrected chi connectivity index (χ3v) is 4.66. The highest BCUT2D eigenvalue weighted by Crippen LogP contribution is 2.34. The van der Waals surface area contributed by atoms with Gasteiger partial charge < -0.3 is 10.6 Å². The van der Waals surface area contributed by atoms with Gasteiger partial charge in [0.25, 0.3) is 5.69 Å². The fourth-order valence-electron chi connectivity index (χ4n) is 2.59. The molecule has 1 aliphatic heterocycles. The molecule has 0 amide bonds. The van der Waals surface area contributed by atoms with Gasteiger partial charge in [-0.15, -0.1) is 0 Å². The molecule has 0 saturated carbocycles. The van der Waals surface area contributed by atoms with Crippen LogP contribution in [0.5, 0.6) is 0 Å². The number of nitrogens with zero attached hydrogens (tertiary/aromatic N) is 2. The number of nitrogens with two attached hydrogens (primary N) is 1. The van der Waals surface area contributed by atoms with E-state index in [1.165, 1.54) is 12.1 Å². The van der Waals surface area contributed by atoms with E-state index in [9.17, 15) is 14.5 Å². The van der Waals surface area contributed by atoms with Crippen LogP contribution in [0.1, 0.15) is 19.8 Å². The molecule has 1 atom stereocenters. The van der Waals surface area contributed by atoms with Gasteiger partial charge >= 0.3 is 0 Å². The Morgan fingerprint density at radius 2 is 2.10 bits per heavy atom. The number of piperidine rings is 1. The molecule has 0 spiro atoms. The van der Waals surface area contributed by atoms with Gasteiger partial charge in [0.15, 0.2) is 0 Å². The highest BCUT2D eigenvalue weighted by Gasteiger charge is 2.27. The monoisotopic (exact) mass is 393 g/mol. The summed E-state index contributed by atoms with van der Waals surface area (Å²) >= 11 is 1.77. The molecule has 7 heteroatoms. The van der Waals surface area contributed by atoms with Gasteiger partial charge in [0.05, 0.1) is 8.49 Å². The fraction of sp³-hybridized carbons (Fsp3) is 0.538. The second-order valence-corrected chi connectivity index (χ2v) is 6.36. The van der Waals surface area contributed by atoms with Crippen LogP contribution in [0.25, 0.3) is 0 Å². The van der Waals surface area contributed by atoms with Gasteiger partial charge in [-0.2, -0.15) is 0 Å². The molecular formula is C13H17FIN3O2. The zero-order valence-electron chi connectivity index (χ0n) is 11.2. The summed E-state index contributed by atoms with van der Waals surface area (Å²) < 4.78 is 14.0. The maximum absolute atomic E-state index is 13.7. The van der Waals surface area contributed by atoms with Crippen LogP contribution in [0.4, 0.5) is 15.8 Å². The zero-order chi connectivity index (χ0) is 14.9. The summed E-state index contributed by atoms with van der Waals surface area (Å²) in [4.78, 5) is 12.6. The average Bonchev–Trinajstić information content (AvgIpc) is 2.41. The minimum Gasteiger partial charge on any atom is -0.366 e. The van der Waals surface area contributed by atoms with E-state index in [0.29, 0.717) is 24.7 Å². The first-order valence-electron chi connectivity index (χ1n) is 6.54. The summed E-state index contributed by atoms with van der Waals surface area (Å²) in [5.74, 6) is 0.0134. The molecule has 0 radical (unpaired) electrons. The topological polar surface area (TPSA) is 72.4 Å². The molecular weight excluding hydrogens is 376 g/mol. The van der Waals surface area contributed by atoms with Crippen LogP contribution in [-0.2, 0) is 0 Å². The number of rotatable bonds is 3. The van der Waals surface area contributed by atoms with E-state index in [4.69, 9.17) is 5.73 Å². The van der Waals surface area contributed by atoms with E-state index in [2.05, 4.69) is 0 Å². The van der Waals surface area contributed by atoms with Crippen LogP contribution in [0.3, 0.4) is 0 Å². The molecule has 2 rings (SSSR count). The lowest BCUT2D eigenvalue weighted by Crippen LogP contribution is -2.40. The van der Waals surface area contributed by atoms with E-state index in [1.54, 1.807) is 22.6 Å². The van der Waals surface area contributed by atoms with Crippen LogP contribution in [0, 0.1) is 25.4 Å². The lowest BCUT2D eigenvalue weighted by atomic mass is 9.90. The minimum atomic E-state index is -0.450. The Kier molecular flexibility index (Phi) is 4.79. The summed E-state index contributed by atoms with van der Waals surface area (Å²) in [6.07, 6.45) is 1.75. The second kappa shape index (κ2) is 6.21. The number of nitro groups is 1. The first-order valence-corrected chi connectivity index (χ1v) is 7.62. The van der Waals surface area contributed by atoms with E-state index < -0.39 is 10.7 Å². The van der Waals surface area contributed by atoms with E-state index >= 15 is 0 Å². The van der Waals surface area contributed by atoms with Crippen molar-refractivity contribution >= 4 is 34.0 Å². The molecule has 1 aromatic carbocycles. The third kappa shape index (κ3) is 3.20. The maximum atomic E-state index is 13.7. The van der Waals surface area contributed by atoms with Crippen molar-refractivity contribution in [2.24, 2.45) is 11.7 Å². The van der Waals surface area contributed by atoms with Crippen LogP contribution < -0.4 is 10.6 Å². The van der Waals surface area contributed by atoms with Crippen LogP contribution >= 0.6 is 22.6 Å². The Morgan fingerprint density at radius 1 is 1.50 bits per heavy atom. The number of anilines is 1. The maximum Gasteiger partial charge on any atom is 0.293 e. The van der Waals surface area contributed by atoms with E-state index in [1.807, 2.05) is 11.8 Å². The van der Waals surface area contributed by atoms with Gasteiger partial charge in [0.2, 0.25) is 0 Å². The highest BCUT2D eigenvalue weighted by molar-refractivity contribution is 14.1. The molecule has 0 aliphatic carbocycles. The van der Waals surface area contributed by atoms with Crippen molar-refractivity contribution < 1.29 is 9.31 Å². The molecule has 5 nitrogen and oxygen atoms in total. The average molecular weight is 393 g/mol. The Balaban J connectivity index is 2.25. The van der Waals surface area contributed by atoms with Gasteiger partial charge in [-0.3, -0.25) is 10.1 Å². The lowest BCUT2D eigenvalue weighted by Gasteiger charge is -2.34. The summed E-state index contributed by atoms with van der Waals surface area (Å²) in [6, 6.07) is 2.69. The van der Waals surface area contributed by atoms with Gasteiger partial charge in [0, 0.05) is 31.3 Å². The van der Waals surface area contributed by atoms with Gasteiger partial charge in [-0.05, 0) is 48.3 Å². The molecule has 20 heavy (non-hydrogen) atoms. The predicted molar refractivity (Wildman–Crippen MR) is 84.4 cm³/mol. The van der Waals surface area contributed by atoms with Crippen molar-refractivity contribution in [3.63, 3.8) is 0 Å². The molecule has 1 aromatic rings. The Hall–Kier alpha value is -0.960. The molecule has 1 unspecified atom stereocenters. The normalized spacial score (nSPS) is 18.1. The Labute approximate surface area is 130 Å². The molecule has 0 aromatic heterocycles. The van der Waals surface area contributed by atoms with Crippen molar-refractivity contribution in [3.8, 4) is 0 Å². The standard InChI is InChI=1S/C13H17FIN3O2/c1-8(16)9-2-4-17(5-3-9)12-6-10(14)11(15)7-13(12)18(19)20/h6-9H,2-5,16H2,1H3. The van der Waals surface area contributed by atoms with E-state index in [0.717, 1.165) is 12.8 Å². The first kappa shape index (κ1) is 15.4. The van der Waals surface area contributed by atoms with Crippen LogP contribution in [0.15, 0.2) is 12.1 Å². The zero-order valence-corrected chi connectivity index (χ0v) is 13.3. The molecule has 2 N–H and O–H groups in total. The molecule has 1 aliphatic rings. The van der Waals surface area contributed by atoms with Gasteiger partial charge in [0.1, 0.15) is 11.5 Å². The number of nitro benzene ring substituents is 1. The summed E-state index contributed by atoms with van der Waals surface area (Å²) in [5, 5.41) is 11.1. The highest BCUT2D eigenvalue weighted by atomic mass is 127. The van der Waals surface area contributed by atoms with Crippen LogP contribution in [-0.4, -0.2) is 24.1 Å². The summed E-state index contributed by atoms with van der Waals surface area (Å²) in [6.45, 7) is 3.33. The van der Waals surface area contributed by atoms with Gasteiger partial charge in [-0.1, -0.05) is 0 Å². The molecule has 0 bridgehead atoms. The van der Waals surface area contributed by atoms with Crippen molar-refractivity contribution in [1.82, 2.24) is 0 Å². The molecule has 1 fully saturated rings. The SMILES string of the molecule is CC(N)C1CCN(c2cc(F)c(I)cc2[N+](=O)[O-])CC1. The number of benzene rings is 1. The minimum absolute atomic E-state index is 0.0324. The summed E-state index contributed by atoms with van der Waals surface area (Å²) in [7, 11) is 0. The quantitative estimate of drug-likeness (QED) is 0.487. The largest absolute Gasteiger partial charge is 0.366 e. The third-order valence-electron chi connectivity index (χ3n) is 3.84. The van der Waals surface area contributed by atoms with Crippen molar-refractivity contribution in [3.05, 3.63) is 31.6 Å². The fourth-order valence-corrected chi connectivity index (χ4v) is 3.04. The number of hydrogen-bond acceptors (Lipinski definition) is 4. The second-order valence-electron chi connectivity index (χ2n) is 5.20. The Bertz CT molecular complexity index is 517. The van der Waals surface area contributed by atoms with Crippen molar-refractivity contribution in [2.45, 2.75) is 25.8 Å². The number of halogens is 2. The molecule has 110 valence electrons. The first-order chi connectivity index (χ1) is 9.40. The number of hydrogen-bond donors (Lipinski definition) is 1. The summed E-state index contributed by atoms with van der Waals surface area (Å²) in [5.41, 5.74) is 6.22. The predicted octanol–water partition coefficient (Wildman–Crippen LogP) is 2.90. The molecule has 1 heterocycles. The van der Waals surface area contributed by atoms with Gasteiger partial charge in [-0.25, -0.2) is 4.39 Å². The van der Waals surface area contributed by atoms with Crippen molar-refractivity contribution in [1.29, 1.82) is 0 Å². The lowest BCUT2D eigenvalue weighted by molar-refractivity contribution is -0.384. The van der Waals surface area contributed by atoms with E-state index in [-0.39, 0.29) is 15.3 Å². The van der Waals surface area contributed by atoms with Crippen molar-refractivity contribution in [2.75, 3.05) is 18.0 Å². The van der Waals surface area contributed by atoms with Crippen LogP contribution in [0.2, 0.25) is 0 Å². The smallest absolute Gasteiger partial charge is 0.293 e. The molecule has 1 saturated heterocycles.